The van der Waals surface area contributed by atoms with Gasteiger partial charge in [0.05, 0.1) is 10.1 Å². The summed E-state index contributed by atoms with van der Waals surface area (Å²) in [6.45, 7) is 2.58. The van der Waals surface area contributed by atoms with Gasteiger partial charge in [-0.3, -0.25) is 4.79 Å². The minimum Gasteiger partial charge on any atom is -0.480 e. The van der Waals surface area contributed by atoms with Crippen molar-refractivity contribution in [2.75, 3.05) is 12.3 Å². The molecule has 1 aromatic heterocycles. The normalized spacial score (nSPS) is 22.3. The van der Waals surface area contributed by atoms with E-state index < -0.39 is 12.0 Å². The largest absolute Gasteiger partial charge is 0.480 e. The third-order valence-corrected chi connectivity index (χ3v) is 5.95. The number of nitrogens with zero attached hydrogens (tertiary/aromatic N) is 1. The summed E-state index contributed by atoms with van der Waals surface area (Å²) in [6, 6.07) is 3.13. The number of aliphatic carboxylic acids is 1. The molecule has 0 saturated carbocycles. The predicted molar refractivity (Wildman–Crippen MR) is 87.0 cm³/mol. The van der Waals surface area contributed by atoms with Crippen LogP contribution in [0.3, 0.4) is 0 Å². The zero-order chi connectivity index (χ0) is 15.4. The number of carbonyl (C=O) groups excluding carboxylic acids is 1. The van der Waals surface area contributed by atoms with E-state index in [1.54, 1.807) is 0 Å². The summed E-state index contributed by atoms with van der Waals surface area (Å²) in [4.78, 5) is 26.2. The monoisotopic (exact) mass is 347 g/mol. The molecule has 0 bridgehead atoms. The number of carboxylic acids is 1. The molecule has 1 aromatic rings. The second kappa shape index (κ2) is 7.51. The van der Waals surface area contributed by atoms with Crippen molar-refractivity contribution < 1.29 is 14.7 Å². The Morgan fingerprint density at radius 3 is 2.90 bits per heavy atom. The molecule has 1 fully saturated rings. The van der Waals surface area contributed by atoms with Gasteiger partial charge in [-0.2, -0.15) is 0 Å². The van der Waals surface area contributed by atoms with Gasteiger partial charge in [0, 0.05) is 17.2 Å². The van der Waals surface area contributed by atoms with E-state index in [2.05, 4.69) is 0 Å². The molecular weight excluding hydrogens is 330 g/mol. The van der Waals surface area contributed by atoms with E-state index in [9.17, 15) is 14.7 Å². The number of thioether (sulfide) groups is 1. The van der Waals surface area contributed by atoms with Crippen LogP contribution in [0.5, 0.6) is 0 Å². The number of hydrogen-bond donors (Lipinski definition) is 1. The fourth-order valence-electron chi connectivity index (χ4n) is 2.43. The molecule has 2 atom stereocenters. The number of thiophene rings is 1. The maximum absolute atomic E-state index is 12.2. The minimum absolute atomic E-state index is 0.0815. The standard InChI is InChI=1S/C14H18ClNO3S2/c1-9-4-5-16(11(6-9)14(18)19)13(17)8-20-7-10-2-3-12(15)21-10/h2-3,9,11H,4-8H2,1H3,(H,18,19). The highest BCUT2D eigenvalue weighted by Gasteiger charge is 2.34. The van der Waals surface area contributed by atoms with Crippen LogP contribution < -0.4 is 0 Å². The van der Waals surface area contributed by atoms with Crippen molar-refractivity contribution >= 4 is 46.6 Å². The van der Waals surface area contributed by atoms with Gasteiger partial charge in [-0.15, -0.1) is 23.1 Å². The van der Waals surface area contributed by atoms with E-state index in [0.717, 1.165) is 21.4 Å². The first-order chi connectivity index (χ1) is 9.97. The number of rotatable bonds is 5. The van der Waals surface area contributed by atoms with Crippen molar-refractivity contribution in [3.05, 3.63) is 21.3 Å². The van der Waals surface area contributed by atoms with Crippen LogP contribution in [0.4, 0.5) is 0 Å². The van der Waals surface area contributed by atoms with Crippen molar-refractivity contribution in [2.24, 2.45) is 5.92 Å². The van der Waals surface area contributed by atoms with Gasteiger partial charge in [-0.25, -0.2) is 4.79 Å². The summed E-state index contributed by atoms with van der Waals surface area (Å²) in [6.07, 6.45) is 1.42. The molecule has 1 N–H and O–H groups in total. The Balaban J connectivity index is 1.85. The van der Waals surface area contributed by atoms with E-state index in [0.29, 0.717) is 24.6 Å². The highest BCUT2D eigenvalue weighted by atomic mass is 35.5. The molecule has 0 spiro atoms. The Kier molecular flexibility index (Phi) is 5.96. The maximum atomic E-state index is 12.2. The fraction of sp³-hybridized carbons (Fsp3) is 0.571. The van der Waals surface area contributed by atoms with Crippen molar-refractivity contribution in [1.82, 2.24) is 4.90 Å². The van der Waals surface area contributed by atoms with Gasteiger partial charge < -0.3 is 10.0 Å². The Labute approximate surface area is 137 Å². The van der Waals surface area contributed by atoms with Crippen LogP contribution >= 0.6 is 34.7 Å². The second-order valence-corrected chi connectivity index (χ2v) is 8.05. The van der Waals surface area contributed by atoms with Crippen molar-refractivity contribution in [2.45, 2.75) is 31.6 Å². The predicted octanol–water partition coefficient (Wildman–Crippen LogP) is 3.35. The zero-order valence-electron chi connectivity index (χ0n) is 11.8. The molecule has 2 unspecified atom stereocenters. The quantitative estimate of drug-likeness (QED) is 0.887. The van der Waals surface area contributed by atoms with Crippen molar-refractivity contribution in [3.8, 4) is 0 Å². The zero-order valence-corrected chi connectivity index (χ0v) is 14.1. The van der Waals surface area contributed by atoms with Crippen LogP contribution in [0.15, 0.2) is 12.1 Å². The van der Waals surface area contributed by atoms with Crippen LogP contribution in [0, 0.1) is 5.92 Å². The van der Waals surface area contributed by atoms with Gasteiger partial charge in [0.15, 0.2) is 0 Å². The van der Waals surface area contributed by atoms with Crippen LogP contribution in [-0.4, -0.2) is 40.2 Å². The van der Waals surface area contributed by atoms with Gasteiger partial charge in [0.2, 0.25) is 5.91 Å². The highest BCUT2D eigenvalue weighted by Crippen LogP contribution is 2.27. The Bertz CT molecular complexity index is 520. The number of halogens is 1. The number of hydrogen-bond acceptors (Lipinski definition) is 4. The number of carbonyl (C=O) groups is 2. The van der Waals surface area contributed by atoms with Crippen LogP contribution in [0.25, 0.3) is 0 Å². The molecule has 7 heteroatoms. The minimum atomic E-state index is -0.898. The van der Waals surface area contributed by atoms with Gasteiger partial charge in [-0.1, -0.05) is 18.5 Å². The van der Waals surface area contributed by atoms with Crippen molar-refractivity contribution in [1.29, 1.82) is 0 Å². The smallest absolute Gasteiger partial charge is 0.326 e. The Hall–Kier alpha value is -0.720. The Morgan fingerprint density at radius 1 is 1.52 bits per heavy atom. The molecule has 2 heterocycles. The van der Waals surface area contributed by atoms with E-state index in [-0.39, 0.29) is 5.91 Å². The molecule has 1 amide bonds. The van der Waals surface area contributed by atoms with Gasteiger partial charge in [0.1, 0.15) is 6.04 Å². The van der Waals surface area contributed by atoms with Gasteiger partial charge in [-0.05, 0) is 30.9 Å². The summed E-state index contributed by atoms with van der Waals surface area (Å²) in [5, 5.41) is 9.27. The van der Waals surface area contributed by atoms with Gasteiger partial charge in [0.25, 0.3) is 0 Å². The average Bonchev–Trinajstić information content (AvgIpc) is 2.84. The van der Waals surface area contributed by atoms with E-state index >= 15 is 0 Å². The van der Waals surface area contributed by atoms with Crippen LogP contribution in [-0.2, 0) is 15.3 Å². The lowest BCUT2D eigenvalue weighted by molar-refractivity contribution is -0.151. The van der Waals surface area contributed by atoms with E-state index in [1.165, 1.54) is 28.0 Å². The first kappa shape index (κ1) is 16.6. The highest BCUT2D eigenvalue weighted by molar-refractivity contribution is 7.99. The number of carboxylic acid groups (broad SMARTS) is 1. The SMILES string of the molecule is CC1CCN(C(=O)CSCc2ccc(Cl)s2)C(C(=O)O)C1. The second-order valence-electron chi connectivity index (χ2n) is 5.27. The molecular formula is C14H18ClNO3S2. The summed E-state index contributed by atoms with van der Waals surface area (Å²) < 4.78 is 0.743. The molecule has 0 aliphatic carbocycles. The third kappa shape index (κ3) is 4.63. The molecule has 4 nitrogen and oxygen atoms in total. The molecule has 1 aliphatic rings. The number of amides is 1. The molecule has 2 rings (SSSR count). The fourth-order valence-corrected chi connectivity index (χ4v) is 4.53. The summed E-state index contributed by atoms with van der Waals surface area (Å²) in [5.74, 6) is 0.418. The molecule has 0 radical (unpaired) electrons. The molecule has 116 valence electrons. The molecule has 21 heavy (non-hydrogen) atoms. The first-order valence-corrected chi connectivity index (χ1v) is 9.16. The molecule has 0 aromatic carbocycles. The van der Waals surface area contributed by atoms with Crippen LogP contribution in [0.1, 0.15) is 24.6 Å². The topological polar surface area (TPSA) is 57.6 Å². The van der Waals surface area contributed by atoms with Crippen molar-refractivity contribution in [3.63, 3.8) is 0 Å². The summed E-state index contributed by atoms with van der Waals surface area (Å²) >= 11 is 8.87. The van der Waals surface area contributed by atoms with E-state index in [1.807, 2.05) is 19.1 Å². The van der Waals surface area contributed by atoms with Gasteiger partial charge >= 0.3 is 5.97 Å². The lowest BCUT2D eigenvalue weighted by atomic mass is 9.92. The first-order valence-electron chi connectivity index (χ1n) is 6.81. The Morgan fingerprint density at radius 2 is 2.29 bits per heavy atom. The lowest BCUT2D eigenvalue weighted by Crippen LogP contribution is -2.50. The lowest BCUT2D eigenvalue weighted by Gasteiger charge is -2.36. The number of piperidine rings is 1. The van der Waals surface area contributed by atoms with Crippen LogP contribution in [0.2, 0.25) is 4.34 Å². The number of likely N-dealkylation sites (tertiary alicyclic amines) is 1. The summed E-state index contributed by atoms with van der Waals surface area (Å²) in [7, 11) is 0. The molecule has 1 aliphatic heterocycles. The third-order valence-electron chi connectivity index (χ3n) is 3.57. The molecule has 1 saturated heterocycles. The maximum Gasteiger partial charge on any atom is 0.326 e. The summed E-state index contributed by atoms with van der Waals surface area (Å²) in [5.41, 5.74) is 0. The van der Waals surface area contributed by atoms with E-state index in [4.69, 9.17) is 11.6 Å². The average molecular weight is 348 g/mol.